The van der Waals surface area contributed by atoms with Crippen LogP contribution in [0, 0.1) is 5.41 Å². The highest BCUT2D eigenvalue weighted by Gasteiger charge is 2.16. The van der Waals surface area contributed by atoms with Crippen LogP contribution >= 0.6 is 0 Å². The van der Waals surface area contributed by atoms with Crippen LogP contribution in [0.1, 0.15) is 53.9 Å². The van der Waals surface area contributed by atoms with Crippen molar-refractivity contribution >= 4 is 5.97 Å². The zero-order chi connectivity index (χ0) is 14.5. The summed E-state index contributed by atoms with van der Waals surface area (Å²) in [5.74, 6) is -0.232. The Morgan fingerprint density at radius 1 is 1.32 bits per heavy atom. The smallest absolute Gasteiger partial charge is 0.303 e. The van der Waals surface area contributed by atoms with Crippen molar-refractivity contribution in [3.05, 3.63) is 35.5 Å². The molecule has 0 bridgehead atoms. The van der Waals surface area contributed by atoms with Gasteiger partial charge in [-0.05, 0) is 50.2 Å². The Balaban J connectivity index is 2.99. The van der Waals surface area contributed by atoms with E-state index in [0.29, 0.717) is 0 Å². The standard InChI is InChI=1S/C17H26O2/c1-13-7-6-8-14(2)16(19-15(3)18)10-12-17(4,5)11-9-13/h8-10,12,16H,6-7,11H2,1-5H3/b12-10+,13-9+,14-8+. The number of carbonyl (C=O) groups excluding carboxylic acids is 1. The van der Waals surface area contributed by atoms with Gasteiger partial charge in [0.2, 0.25) is 0 Å². The van der Waals surface area contributed by atoms with E-state index in [-0.39, 0.29) is 17.5 Å². The molecule has 1 unspecified atom stereocenters. The third-order valence-corrected chi connectivity index (χ3v) is 3.45. The number of allylic oxidation sites excluding steroid dienone is 4. The lowest BCUT2D eigenvalue weighted by molar-refractivity contribution is -0.142. The molecular weight excluding hydrogens is 236 g/mol. The molecule has 0 heterocycles. The third kappa shape index (κ3) is 5.91. The Labute approximate surface area is 117 Å². The van der Waals surface area contributed by atoms with Gasteiger partial charge in [-0.15, -0.1) is 0 Å². The largest absolute Gasteiger partial charge is 0.454 e. The molecule has 0 aromatic heterocycles. The molecule has 0 spiro atoms. The summed E-state index contributed by atoms with van der Waals surface area (Å²) in [6.45, 7) is 10.1. The fraction of sp³-hybridized carbons (Fsp3) is 0.588. The van der Waals surface area contributed by atoms with E-state index < -0.39 is 0 Å². The summed E-state index contributed by atoms with van der Waals surface area (Å²) >= 11 is 0. The van der Waals surface area contributed by atoms with E-state index in [1.807, 2.05) is 13.0 Å². The van der Waals surface area contributed by atoms with E-state index in [1.165, 1.54) is 12.5 Å². The summed E-state index contributed by atoms with van der Waals surface area (Å²) in [4.78, 5) is 11.2. The van der Waals surface area contributed by atoms with Crippen LogP contribution in [0.5, 0.6) is 0 Å². The van der Waals surface area contributed by atoms with E-state index >= 15 is 0 Å². The summed E-state index contributed by atoms with van der Waals surface area (Å²) in [7, 11) is 0. The maximum absolute atomic E-state index is 11.2. The molecule has 0 aromatic carbocycles. The minimum absolute atomic E-state index is 0.0876. The Kier molecular flexibility index (Phi) is 5.59. The molecule has 0 aromatic rings. The van der Waals surface area contributed by atoms with Gasteiger partial charge in [0.25, 0.3) is 0 Å². The van der Waals surface area contributed by atoms with Crippen LogP contribution in [-0.2, 0) is 9.53 Å². The molecule has 0 saturated carbocycles. The molecule has 1 rings (SSSR count). The Morgan fingerprint density at radius 2 is 2.00 bits per heavy atom. The van der Waals surface area contributed by atoms with Crippen molar-refractivity contribution in [2.75, 3.05) is 0 Å². The highest BCUT2D eigenvalue weighted by molar-refractivity contribution is 5.66. The summed E-state index contributed by atoms with van der Waals surface area (Å²) in [6.07, 6.45) is 11.5. The molecular formula is C17H26O2. The fourth-order valence-electron chi connectivity index (χ4n) is 2.06. The Bertz CT molecular complexity index is 411. The van der Waals surface area contributed by atoms with E-state index in [2.05, 4.69) is 39.0 Å². The molecule has 1 atom stereocenters. The lowest BCUT2D eigenvalue weighted by Crippen LogP contribution is -2.16. The Hall–Kier alpha value is -1.31. The maximum Gasteiger partial charge on any atom is 0.303 e. The number of rotatable bonds is 1. The van der Waals surface area contributed by atoms with Gasteiger partial charge in [0.15, 0.2) is 0 Å². The second-order valence-electron chi connectivity index (χ2n) is 6.12. The highest BCUT2D eigenvalue weighted by Crippen LogP contribution is 2.26. The number of hydrogen-bond acceptors (Lipinski definition) is 2. The lowest BCUT2D eigenvalue weighted by atomic mass is 9.87. The van der Waals surface area contributed by atoms with Gasteiger partial charge in [-0.25, -0.2) is 0 Å². The van der Waals surface area contributed by atoms with Gasteiger partial charge in [0.1, 0.15) is 6.10 Å². The minimum atomic E-state index is -0.232. The maximum atomic E-state index is 11.2. The van der Waals surface area contributed by atoms with Crippen LogP contribution in [0.4, 0.5) is 0 Å². The third-order valence-electron chi connectivity index (χ3n) is 3.45. The summed E-state index contributed by atoms with van der Waals surface area (Å²) < 4.78 is 5.39. The van der Waals surface area contributed by atoms with E-state index in [1.54, 1.807) is 0 Å². The van der Waals surface area contributed by atoms with Gasteiger partial charge in [-0.2, -0.15) is 0 Å². The van der Waals surface area contributed by atoms with Crippen LogP contribution in [0.15, 0.2) is 35.5 Å². The molecule has 0 radical (unpaired) electrons. The van der Waals surface area contributed by atoms with Crippen molar-refractivity contribution in [1.82, 2.24) is 0 Å². The van der Waals surface area contributed by atoms with Gasteiger partial charge >= 0.3 is 5.97 Å². The normalized spacial score (nSPS) is 31.1. The Morgan fingerprint density at radius 3 is 2.63 bits per heavy atom. The van der Waals surface area contributed by atoms with Crippen molar-refractivity contribution < 1.29 is 9.53 Å². The molecule has 0 aliphatic heterocycles. The van der Waals surface area contributed by atoms with Crippen molar-refractivity contribution in [3.63, 3.8) is 0 Å². The molecule has 0 fully saturated rings. The van der Waals surface area contributed by atoms with Crippen molar-refractivity contribution in [1.29, 1.82) is 0 Å². The van der Waals surface area contributed by atoms with Gasteiger partial charge in [0.05, 0.1) is 0 Å². The highest BCUT2D eigenvalue weighted by atomic mass is 16.5. The topological polar surface area (TPSA) is 26.3 Å². The lowest BCUT2D eigenvalue weighted by Gasteiger charge is -2.20. The number of hydrogen-bond donors (Lipinski definition) is 0. The first-order valence-corrected chi connectivity index (χ1v) is 6.99. The predicted molar refractivity (Wildman–Crippen MR) is 79.8 cm³/mol. The monoisotopic (exact) mass is 262 g/mol. The van der Waals surface area contributed by atoms with Crippen molar-refractivity contribution in [2.24, 2.45) is 5.41 Å². The number of ether oxygens (including phenoxy) is 1. The molecule has 19 heavy (non-hydrogen) atoms. The fourth-order valence-corrected chi connectivity index (χ4v) is 2.06. The molecule has 0 saturated heterocycles. The first-order chi connectivity index (χ1) is 8.80. The molecule has 1 aliphatic carbocycles. The van der Waals surface area contributed by atoms with E-state index in [4.69, 9.17) is 4.74 Å². The van der Waals surface area contributed by atoms with E-state index in [9.17, 15) is 4.79 Å². The van der Waals surface area contributed by atoms with Gasteiger partial charge < -0.3 is 4.74 Å². The second kappa shape index (κ2) is 6.74. The quantitative estimate of drug-likeness (QED) is 0.511. The SMILES string of the molecule is CC(=O)OC1/C=C/C(C)(C)C/C=C(\C)CC/C=C/1C. The minimum Gasteiger partial charge on any atom is -0.454 e. The number of esters is 1. The van der Waals surface area contributed by atoms with E-state index in [0.717, 1.165) is 24.8 Å². The average Bonchev–Trinajstić information content (AvgIpc) is 2.32. The zero-order valence-corrected chi connectivity index (χ0v) is 12.8. The van der Waals surface area contributed by atoms with Crippen LogP contribution in [0.25, 0.3) is 0 Å². The van der Waals surface area contributed by atoms with Gasteiger partial charge in [-0.3, -0.25) is 4.79 Å². The average molecular weight is 262 g/mol. The molecule has 1 aliphatic rings. The molecule has 106 valence electrons. The first kappa shape index (κ1) is 15.7. The summed E-state index contributed by atoms with van der Waals surface area (Å²) in [6, 6.07) is 0. The first-order valence-electron chi connectivity index (χ1n) is 6.99. The van der Waals surface area contributed by atoms with Crippen LogP contribution in [-0.4, -0.2) is 12.1 Å². The van der Waals surface area contributed by atoms with Crippen molar-refractivity contribution in [3.8, 4) is 0 Å². The van der Waals surface area contributed by atoms with Crippen molar-refractivity contribution in [2.45, 2.75) is 60.0 Å². The summed E-state index contributed by atoms with van der Waals surface area (Å²) in [5, 5.41) is 0. The second-order valence-corrected chi connectivity index (χ2v) is 6.12. The van der Waals surface area contributed by atoms with Crippen LogP contribution in [0.2, 0.25) is 0 Å². The molecule has 0 amide bonds. The van der Waals surface area contributed by atoms with Crippen LogP contribution < -0.4 is 0 Å². The van der Waals surface area contributed by atoms with Gasteiger partial charge in [-0.1, -0.05) is 37.6 Å². The number of carbonyl (C=O) groups is 1. The molecule has 2 heteroatoms. The molecule has 2 nitrogen and oxygen atoms in total. The van der Waals surface area contributed by atoms with Crippen LogP contribution in [0.3, 0.4) is 0 Å². The van der Waals surface area contributed by atoms with Gasteiger partial charge in [0, 0.05) is 6.92 Å². The summed E-state index contributed by atoms with van der Waals surface area (Å²) in [5.41, 5.74) is 2.62. The molecule has 0 N–H and O–H groups in total. The predicted octanol–water partition coefficient (Wildman–Crippen LogP) is 4.58. The zero-order valence-electron chi connectivity index (χ0n) is 12.8.